The molecule has 0 saturated heterocycles. The lowest BCUT2D eigenvalue weighted by Gasteiger charge is -2.29. The quantitative estimate of drug-likeness (QED) is 0.840. The van der Waals surface area contributed by atoms with Crippen molar-refractivity contribution >= 4 is 11.8 Å². The van der Waals surface area contributed by atoms with Gasteiger partial charge in [0.25, 0.3) is 0 Å². The third-order valence-electron chi connectivity index (χ3n) is 5.42. The van der Waals surface area contributed by atoms with Gasteiger partial charge in [-0.3, -0.25) is 9.59 Å². The van der Waals surface area contributed by atoms with Crippen molar-refractivity contribution in [1.29, 1.82) is 0 Å². The standard InChI is InChI=1S/C20H27N5O2/c1-12-8-9-14(10-13(12)2)25-19(23-18(24-25)11-17(21)26)15-6-4-5-7-16(15)20(27)22-3/h8-10,15-16H,4-7,11H2,1-3H3,(H2,21,26)(H,22,27)/t15-,16+/m1/s1. The highest BCUT2D eigenvalue weighted by Gasteiger charge is 2.35. The van der Waals surface area contributed by atoms with Gasteiger partial charge in [-0.25, -0.2) is 9.67 Å². The lowest BCUT2D eigenvalue weighted by atomic mass is 9.78. The van der Waals surface area contributed by atoms with Gasteiger partial charge in [-0.15, -0.1) is 0 Å². The molecule has 3 N–H and O–H groups in total. The SMILES string of the molecule is CNC(=O)[C@H]1CCCC[C@H]1c1nc(CC(N)=O)nn1-c1ccc(C)c(C)c1. The first-order valence-corrected chi connectivity index (χ1v) is 9.44. The van der Waals surface area contributed by atoms with Crippen LogP contribution < -0.4 is 11.1 Å². The van der Waals surface area contributed by atoms with Crippen molar-refractivity contribution in [2.75, 3.05) is 7.05 Å². The number of rotatable bonds is 5. The third-order valence-corrected chi connectivity index (χ3v) is 5.42. The van der Waals surface area contributed by atoms with E-state index in [0.29, 0.717) is 5.82 Å². The van der Waals surface area contributed by atoms with E-state index in [4.69, 9.17) is 5.73 Å². The van der Waals surface area contributed by atoms with E-state index in [-0.39, 0.29) is 24.2 Å². The molecule has 1 aliphatic rings. The van der Waals surface area contributed by atoms with Crippen LogP contribution in [0.1, 0.15) is 54.4 Å². The van der Waals surface area contributed by atoms with Gasteiger partial charge in [-0.05, 0) is 49.9 Å². The Kier molecular flexibility index (Phi) is 5.58. The second-order valence-electron chi connectivity index (χ2n) is 7.32. The summed E-state index contributed by atoms with van der Waals surface area (Å²) in [5.41, 5.74) is 8.58. The van der Waals surface area contributed by atoms with Crippen LogP contribution in [-0.4, -0.2) is 33.6 Å². The van der Waals surface area contributed by atoms with E-state index >= 15 is 0 Å². The van der Waals surface area contributed by atoms with Crippen LogP contribution in [0, 0.1) is 19.8 Å². The van der Waals surface area contributed by atoms with Crippen LogP contribution in [0.3, 0.4) is 0 Å². The van der Waals surface area contributed by atoms with Gasteiger partial charge >= 0.3 is 0 Å². The normalized spacial score (nSPS) is 19.7. The topological polar surface area (TPSA) is 103 Å². The Balaban J connectivity index is 2.09. The molecule has 1 saturated carbocycles. The summed E-state index contributed by atoms with van der Waals surface area (Å²) in [6, 6.07) is 6.09. The van der Waals surface area contributed by atoms with Gasteiger partial charge in [0.05, 0.1) is 12.1 Å². The number of aryl methyl sites for hydroxylation is 2. The molecule has 7 heteroatoms. The van der Waals surface area contributed by atoms with E-state index in [1.165, 1.54) is 5.56 Å². The summed E-state index contributed by atoms with van der Waals surface area (Å²) in [4.78, 5) is 28.5. The van der Waals surface area contributed by atoms with Gasteiger partial charge in [0.15, 0.2) is 5.82 Å². The van der Waals surface area contributed by atoms with Crippen LogP contribution in [0.2, 0.25) is 0 Å². The summed E-state index contributed by atoms with van der Waals surface area (Å²) >= 11 is 0. The summed E-state index contributed by atoms with van der Waals surface area (Å²) < 4.78 is 1.79. The molecule has 1 heterocycles. The van der Waals surface area contributed by atoms with Crippen LogP contribution in [-0.2, 0) is 16.0 Å². The predicted octanol–water partition coefficient (Wildman–Crippen LogP) is 1.93. The average molecular weight is 369 g/mol. The maximum Gasteiger partial charge on any atom is 0.225 e. The van der Waals surface area contributed by atoms with Crippen molar-refractivity contribution in [1.82, 2.24) is 20.1 Å². The van der Waals surface area contributed by atoms with E-state index in [1.807, 2.05) is 19.1 Å². The molecular formula is C20H27N5O2. The van der Waals surface area contributed by atoms with Crippen molar-refractivity contribution in [2.24, 2.45) is 11.7 Å². The van der Waals surface area contributed by atoms with Gasteiger partial charge < -0.3 is 11.1 Å². The van der Waals surface area contributed by atoms with E-state index in [1.54, 1.807) is 11.7 Å². The lowest BCUT2D eigenvalue weighted by Crippen LogP contribution is -2.34. The first-order chi connectivity index (χ1) is 12.9. The Morgan fingerprint density at radius 1 is 1.22 bits per heavy atom. The van der Waals surface area contributed by atoms with Crippen LogP contribution in [0.25, 0.3) is 5.69 Å². The molecule has 0 unspecified atom stereocenters. The number of benzene rings is 1. The Hall–Kier alpha value is -2.70. The van der Waals surface area contributed by atoms with Crippen molar-refractivity contribution in [3.8, 4) is 5.69 Å². The smallest absolute Gasteiger partial charge is 0.225 e. The minimum Gasteiger partial charge on any atom is -0.369 e. The molecule has 1 aliphatic carbocycles. The first kappa shape index (κ1) is 19.1. The Morgan fingerprint density at radius 2 is 1.96 bits per heavy atom. The summed E-state index contributed by atoms with van der Waals surface area (Å²) in [5.74, 6) is 0.532. The predicted molar refractivity (Wildman–Crippen MR) is 102 cm³/mol. The second-order valence-corrected chi connectivity index (χ2v) is 7.32. The van der Waals surface area contributed by atoms with Crippen LogP contribution in [0.4, 0.5) is 0 Å². The fraction of sp³-hybridized carbons (Fsp3) is 0.500. The van der Waals surface area contributed by atoms with Gasteiger partial charge in [0, 0.05) is 18.9 Å². The number of carbonyl (C=O) groups excluding carboxylic acids is 2. The van der Waals surface area contributed by atoms with Crippen molar-refractivity contribution in [3.63, 3.8) is 0 Å². The maximum atomic E-state index is 12.4. The Bertz CT molecular complexity index is 858. The molecule has 27 heavy (non-hydrogen) atoms. The van der Waals surface area contributed by atoms with Crippen LogP contribution >= 0.6 is 0 Å². The molecular weight excluding hydrogens is 342 g/mol. The van der Waals surface area contributed by atoms with E-state index < -0.39 is 5.91 Å². The molecule has 2 aromatic rings. The molecule has 2 atom stereocenters. The molecule has 1 aromatic heterocycles. The third kappa shape index (κ3) is 4.02. The fourth-order valence-electron chi connectivity index (χ4n) is 3.83. The zero-order chi connectivity index (χ0) is 19.6. The van der Waals surface area contributed by atoms with Gasteiger partial charge in [-0.2, -0.15) is 5.10 Å². The summed E-state index contributed by atoms with van der Waals surface area (Å²) in [5, 5.41) is 7.34. The minimum atomic E-state index is -0.467. The number of nitrogens with two attached hydrogens (primary N) is 1. The second kappa shape index (κ2) is 7.90. The van der Waals surface area contributed by atoms with E-state index in [2.05, 4.69) is 28.4 Å². The molecule has 2 amide bonds. The highest BCUT2D eigenvalue weighted by Crippen LogP contribution is 2.38. The molecule has 0 radical (unpaired) electrons. The number of carbonyl (C=O) groups is 2. The van der Waals surface area contributed by atoms with E-state index in [9.17, 15) is 9.59 Å². The van der Waals surface area contributed by atoms with Gasteiger partial charge in [0.2, 0.25) is 11.8 Å². The maximum absolute atomic E-state index is 12.4. The van der Waals surface area contributed by atoms with E-state index in [0.717, 1.165) is 42.8 Å². The van der Waals surface area contributed by atoms with Gasteiger partial charge in [-0.1, -0.05) is 18.9 Å². The summed E-state index contributed by atoms with van der Waals surface area (Å²) in [7, 11) is 1.67. The minimum absolute atomic E-state index is 0.0117. The fourth-order valence-corrected chi connectivity index (χ4v) is 3.83. The largest absolute Gasteiger partial charge is 0.369 e. The monoisotopic (exact) mass is 369 g/mol. The van der Waals surface area contributed by atoms with Crippen molar-refractivity contribution < 1.29 is 9.59 Å². The molecule has 1 fully saturated rings. The number of amides is 2. The molecule has 3 rings (SSSR count). The zero-order valence-electron chi connectivity index (χ0n) is 16.2. The number of primary amides is 1. The summed E-state index contributed by atoms with van der Waals surface area (Å²) in [6.07, 6.45) is 3.76. The number of nitrogens with one attached hydrogen (secondary N) is 1. The molecule has 0 bridgehead atoms. The lowest BCUT2D eigenvalue weighted by molar-refractivity contribution is -0.126. The summed E-state index contributed by atoms with van der Waals surface area (Å²) in [6.45, 7) is 4.11. The van der Waals surface area contributed by atoms with Crippen molar-refractivity contribution in [2.45, 2.75) is 51.9 Å². The highest BCUT2D eigenvalue weighted by atomic mass is 16.2. The van der Waals surface area contributed by atoms with Gasteiger partial charge in [0.1, 0.15) is 5.82 Å². The molecule has 0 spiro atoms. The Labute approximate surface area is 159 Å². The Morgan fingerprint density at radius 3 is 2.63 bits per heavy atom. The van der Waals surface area contributed by atoms with Crippen molar-refractivity contribution in [3.05, 3.63) is 41.0 Å². The highest BCUT2D eigenvalue weighted by molar-refractivity contribution is 5.79. The molecule has 1 aromatic carbocycles. The first-order valence-electron chi connectivity index (χ1n) is 9.44. The molecule has 0 aliphatic heterocycles. The number of hydrogen-bond acceptors (Lipinski definition) is 4. The number of aromatic nitrogens is 3. The molecule has 144 valence electrons. The molecule has 7 nitrogen and oxygen atoms in total. The average Bonchev–Trinajstić information content (AvgIpc) is 3.06. The number of nitrogens with zero attached hydrogens (tertiary/aromatic N) is 3. The zero-order valence-corrected chi connectivity index (χ0v) is 16.2. The number of hydrogen-bond donors (Lipinski definition) is 2. The van der Waals surface area contributed by atoms with Crippen LogP contribution in [0.15, 0.2) is 18.2 Å². The van der Waals surface area contributed by atoms with Crippen LogP contribution in [0.5, 0.6) is 0 Å².